The summed E-state index contributed by atoms with van der Waals surface area (Å²) in [5, 5.41) is 0.545. The zero-order valence-corrected chi connectivity index (χ0v) is 17.4. The van der Waals surface area contributed by atoms with Crippen molar-refractivity contribution < 1.29 is 14.0 Å². The number of amides is 2. The van der Waals surface area contributed by atoms with Gasteiger partial charge < -0.3 is 4.90 Å². The minimum absolute atomic E-state index is 0.0231. The highest BCUT2D eigenvalue weighted by Gasteiger charge is 2.32. The number of ketones is 1. The molecule has 1 saturated heterocycles. The first-order valence-corrected chi connectivity index (χ1v) is 10.5. The summed E-state index contributed by atoms with van der Waals surface area (Å²) in [4.78, 5) is 38.0. The van der Waals surface area contributed by atoms with Crippen LogP contribution in [0.2, 0.25) is 0 Å². The highest BCUT2D eigenvalue weighted by molar-refractivity contribution is 7.17. The van der Waals surface area contributed by atoms with E-state index in [9.17, 15) is 14.0 Å². The Morgan fingerprint density at radius 1 is 1.17 bits per heavy atom. The van der Waals surface area contributed by atoms with Crippen LogP contribution in [0, 0.1) is 12.7 Å². The van der Waals surface area contributed by atoms with E-state index in [1.807, 2.05) is 12.1 Å². The highest BCUT2D eigenvalue weighted by Crippen LogP contribution is 2.30. The zero-order valence-electron chi connectivity index (χ0n) is 16.5. The molecule has 0 saturated carbocycles. The van der Waals surface area contributed by atoms with Crippen LogP contribution >= 0.6 is 11.3 Å². The van der Waals surface area contributed by atoms with Crippen LogP contribution in [0.1, 0.15) is 32.9 Å². The van der Waals surface area contributed by atoms with Gasteiger partial charge in [-0.05, 0) is 42.7 Å². The maximum atomic E-state index is 13.1. The number of nitrogens with zero attached hydrogens (tertiary/aromatic N) is 4. The van der Waals surface area contributed by atoms with Crippen molar-refractivity contribution in [1.29, 1.82) is 0 Å². The first-order chi connectivity index (χ1) is 14.5. The fraction of sp³-hybridized carbons (Fsp3) is 0.273. The number of hydrogen-bond donors (Lipinski definition) is 0. The number of aryl methyl sites for hydroxylation is 2. The molecule has 30 heavy (non-hydrogen) atoms. The summed E-state index contributed by atoms with van der Waals surface area (Å²) in [6, 6.07) is 9.79. The second-order valence-corrected chi connectivity index (χ2v) is 8.16. The van der Waals surface area contributed by atoms with Crippen LogP contribution in [0.3, 0.4) is 0 Å². The Labute approximate surface area is 178 Å². The number of hydrogen-bond acceptors (Lipinski definition) is 5. The van der Waals surface area contributed by atoms with Crippen molar-refractivity contribution >= 4 is 28.3 Å². The maximum absolute atomic E-state index is 13.1. The van der Waals surface area contributed by atoms with Crippen LogP contribution in [-0.2, 0) is 13.0 Å². The van der Waals surface area contributed by atoms with Crippen LogP contribution in [0.4, 0.5) is 14.3 Å². The molecule has 8 heteroatoms. The van der Waals surface area contributed by atoms with Gasteiger partial charge in [-0.15, -0.1) is 0 Å². The van der Waals surface area contributed by atoms with Crippen molar-refractivity contribution in [1.82, 2.24) is 14.9 Å². The van der Waals surface area contributed by atoms with Gasteiger partial charge in [0, 0.05) is 38.4 Å². The van der Waals surface area contributed by atoms with Gasteiger partial charge in [0.1, 0.15) is 5.82 Å². The van der Waals surface area contributed by atoms with Gasteiger partial charge in [-0.1, -0.05) is 29.5 Å². The van der Waals surface area contributed by atoms with E-state index in [0.717, 1.165) is 11.1 Å². The molecule has 1 aliphatic rings. The largest absolute Gasteiger partial charge is 0.326 e. The van der Waals surface area contributed by atoms with Gasteiger partial charge in [-0.2, -0.15) is 0 Å². The van der Waals surface area contributed by atoms with Gasteiger partial charge in [0.25, 0.3) is 0 Å². The third-order valence-electron chi connectivity index (χ3n) is 5.01. The topological polar surface area (TPSA) is 66.4 Å². The quantitative estimate of drug-likeness (QED) is 0.532. The van der Waals surface area contributed by atoms with Gasteiger partial charge in [-0.25, -0.2) is 14.2 Å². The highest BCUT2D eigenvalue weighted by atomic mass is 32.1. The Bertz CT molecular complexity index is 1050. The third-order valence-corrected chi connectivity index (χ3v) is 6.24. The van der Waals surface area contributed by atoms with E-state index < -0.39 is 0 Å². The minimum atomic E-state index is -0.299. The van der Waals surface area contributed by atoms with Crippen LogP contribution in [-0.4, -0.2) is 39.8 Å². The zero-order chi connectivity index (χ0) is 21.1. The number of rotatable bonds is 7. The number of anilines is 1. The molecule has 1 aliphatic heterocycles. The first kappa shape index (κ1) is 20.2. The molecule has 0 N–H and O–H groups in total. The maximum Gasteiger partial charge on any atom is 0.326 e. The fourth-order valence-electron chi connectivity index (χ4n) is 3.39. The summed E-state index contributed by atoms with van der Waals surface area (Å²) in [6.45, 7) is 3.28. The smallest absolute Gasteiger partial charge is 0.318 e. The lowest BCUT2D eigenvalue weighted by atomic mass is 10.1. The van der Waals surface area contributed by atoms with E-state index in [4.69, 9.17) is 0 Å². The van der Waals surface area contributed by atoms with Crippen molar-refractivity contribution in [2.45, 2.75) is 26.3 Å². The van der Waals surface area contributed by atoms with E-state index in [-0.39, 0.29) is 17.6 Å². The molecule has 0 unspecified atom stereocenters. The second kappa shape index (κ2) is 8.71. The summed E-state index contributed by atoms with van der Waals surface area (Å²) >= 11 is 1.27. The Hall–Kier alpha value is -3.13. The number of thiazole rings is 1. The molecule has 2 amide bonds. The average molecular weight is 425 g/mol. The summed E-state index contributed by atoms with van der Waals surface area (Å²) in [5.74, 6) is -0.276. The summed E-state index contributed by atoms with van der Waals surface area (Å²) < 4.78 is 13.1. The van der Waals surface area contributed by atoms with Crippen molar-refractivity contribution in [3.63, 3.8) is 0 Å². The number of halogens is 1. The number of carbonyl (C=O) groups excluding carboxylic acids is 2. The van der Waals surface area contributed by atoms with Gasteiger partial charge in [0.15, 0.2) is 10.9 Å². The van der Waals surface area contributed by atoms with Crippen molar-refractivity contribution in [3.8, 4) is 0 Å². The minimum Gasteiger partial charge on any atom is -0.318 e. The monoisotopic (exact) mass is 424 g/mol. The Morgan fingerprint density at radius 3 is 2.70 bits per heavy atom. The normalized spacial score (nSPS) is 13.9. The molecule has 1 aromatic carbocycles. The van der Waals surface area contributed by atoms with E-state index in [1.54, 1.807) is 41.2 Å². The molecule has 0 radical (unpaired) electrons. The Balaban J connectivity index is 1.41. The molecule has 0 atom stereocenters. The lowest BCUT2D eigenvalue weighted by molar-refractivity contribution is 0.0986. The molecular formula is C22H21FN4O2S. The van der Waals surface area contributed by atoms with Crippen LogP contribution < -0.4 is 4.90 Å². The molecule has 2 aromatic heterocycles. The van der Waals surface area contributed by atoms with Crippen LogP contribution in [0.5, 0.6) is 0 Å². The van der Waals surface area contributed by atoms with Gasteiger partial charge in [0.2, 0.25) is 0 Å². The molecule has 6 nitrogen and oxygen atoms in total. The molecule has 1 fully saturated rings. The Morgan fingerprint density at radius 2 is 1.97 bits per heavy atom. The van der Waals surface area contributed by atoms with Gasteiger partial charge in [-0.3, -0.25) is 14.7 Å². The summed E-state index contributed by atoms with van der Waals surface area (Å²) in [7, 11) is 0. The van der Waals surface area contributed by atoms with Crippen molar-refractivity contribution in [2.75, 3.05) is 18.0 Å². The fourth-order valence-corrected chi connectivity index (χ4v) is 4.44. The third kappa shape index (κ3) is 4.38. The number of Topliss-reactive ketones (excluding diaryl/α,β-unsaturated/α-hetero) is 1. The molecule has 0 spiro atoms. The number of urea groups is 1. The molecule has 3 aromatic rings. The van der Waals surface area contributed by atoms with E-state index in [2.05, 4.69) is 9.97 Å². The molecule has 0 aliphatic carbocycles. The predicted octanol–water partition coefficient (Wildman–Crippen LogP) is 4.24. The molecule has 154 valence electrons. The van der Waals surface area contributed by atoms with E-state index in [0.29, 0.717) is 48.2 Å². The molecule has 4 rings (SSSR count). The summed E-state index contributed by atoms with van der Waals surface area (Å²) in [5.41, 5.74) is 2.53. The number of carbonyl (C=O) groups is 2. The van der Waals surface area contributed by atoms with E-state index in [1.165, 1.54) is 23.5 Å². The summed E-state index contributed by atoms with van der Waals surface area (Å²) in [6.07, 6.45) is 4.46. The second-order valence-electron chi connectivity index (χ2n) is 7.18. The van der Waals surface area contributed by atoms with Crippen LogP contribution in [0.25, 0.3) is 0 Å². The number of pyridine rings is 1. The van der Waals surface area contributed by atoms with Gasteiger partial charge >= 0.3 is 6.03 Å². The lowest BCUT2D eigenvalue weighted by Gasteiger charge is -2.16. The van der Waals surface area contributed by atoms with Crippen molar-refractivity contribution in [3.05, 3.63) is 76.3 Å². The Kier molecular flexibility index (Phi) is 5.85. The SMILES string of the molecule is Cc1nc(N2CCN(Cc3ccc(F)cc3)C2=O)sc1C(=O)CCc1cccnc1. The lowest BCUT2D eigenvalue weighted by Crippen LogP contribution is -2.31. The molecule has 3 heterocycles. The average Bonchev–Trinajstić information content (AvgIpc) is 3.31. The van der Waals surface area contributed by atoms with Gasteiger partial charge in [0.05, 0.1) is 10.6 Å². The standard InChI is InChI=1S/C22H21FN4O2S/c1-15-20(19(28)9-6-16-3-2-10-24-13-16)30-21(25-15)27-12-11-26(22(27)29)14-17-4-7-18(23)8-5-17/h2-5,7-8,10,13H,6,9,11-12,14H2,1H3. The first-order valence-electron chi connectivity index (χ1n) is 9.71. The molecular weight excluding hydrogens is 403 g/mol. The number of aromatic nitrogens is 2. The van der Waals surface area contributed by atoms with E-state index >= 15 is 0 Å². The van der Waals surface area contributed by atoms with Crippen molar-refractivity contribution in [2.24, 2.45) is 0 Å². The van der Waals surface area contributed by atoms with Crippen LogP contribution in [0.15, 0.2) is 48.8 Å². The number of benzene rings is 1. The molecule has 0 bridgehead atoms. The predicted molar refractivity (Wildman–Crippen MR) is 113 cm³/mol.